The zero-order valence-electron chi connectivity index (χ0n) is 22.4. The average Bonchev–Trinajstić information content (AvgIpc) is 3.52. The second-order valence-electron chi connectivity index (χ2n) is 10.3. The summed E-state index contributed by atoms with van der Waals surface area (Å²) in [6.45, 7) is 5.21. The molecule has 2 aliphatic heterocycles. The quantitative estimate of drug-likeness (QED) is 0.228. The van der Waals surface area contributed by atoms with Gasteiger partial charge in [-0.3, -0.25) is 9.59 Å². The molecule has 0 aliphatic carbocycles. The first kappa shape index (κ1) is 26.3. The van der Waals surface area contributed by atoms with E-state index >= 15 is 0 Å². The van der Waals surface area contributed by atoms with Crippen LogP contribution in [0.1, 0.15) is 53.6 Å². The van der Waals surface area contributed by atoms with Gasteiger partial charge in [-0.15, -0.1) is 0 Å². The molecule has 0 saturated heterocycles. The normalized spacial score (nSPS) is 15.7. The predicted molar refractivity (Wildman–Crippen MR) is 152 cm³/mol. The van der Waals surface area contributed by atoms with E-state index in [9.17, 15) is 9.59 Å². The van der Waals surface area contributed by atoms with E-state index in [4.69, 9.17) is 23.4 Å². The zero-order valence-corrected chi connectivity index (χ0v) is 23.9. The minimum atomic E-state index is -0.703. The monoisotopic (exact) mass is 605 g/mol. The van der Waals surface area contributed by atoms with Crippen molar-refractivity contribution in [1.82, 2.24) is 4.90 Å². The van der Waals surface area contributed by atoms with Gasteiger partial charge < -0.3 is 28.3 Å². The zero-order chi connectivity index (χ0) is 28.0. The molecule has 0 spiro atoms. The molecule has 0 bridgehead atoms. The van der Waals surface area contributed by atoms with Crippen LogP contribution in [0.15, 0.2) is 68.3 Å². The molecule has 0 N–H and O–H groups in total. The molecule has 3 aromatic carbocycles. The molecule has 0 radical (unpaired) electrons. The van der Waals surface area contributed by atoms with Crippen LogP contribution in [-0.4, -0.2) is 31.3 Å². The van der Waals surface area contributed by atoms with Crippen molar-refractivity contribution in [3.8, 4) is 23.0 Å². The Morgan fingerprint density at radius 3 is 2.62 bits per heavy atom. The lowest BCUT2D eigenvalue weighted by atomic mass is 9.97. The van der Waals surface area contributed by atoms with Crippen molar-refractivity contribution in [3.05, 3.63) is 91.7 Å². The number of nitrogens with zero attached hydrogens (tertiary/aromatic N) is 1. The molecule has 4 aromatic rings. The predicted octanol–water partition coefficient (Wildman–Crippen LogP) is 6.46. The van der Waals surface area contributed by atoms with Crippen LogP contribution < -0.4 is 24.4 Å². The average molecular weight is 606 g/mol. The summed E-state index contributed by atoms with van der Waals surface area (Å²) in [5, 5.41) is 0.399. The van der Waals surface area contributed by atoms with Gasteiger partial charge in [0.05, 0.1) is 30.7 Å². The van der Waals surface area contributed by atoms with E-state index in [0.717, 1.165) is 16.5 Å². The van der Waals surface area contributed by atoms with Gasteiger partial charge in [-0.25, -0.2) is 0 Å². The fourth-order valence-corrected chi connectivity index (χ4v) is 5.48. The molecular weight excluding hydrogens is 578 g/mol. The third-order valence-corrected chi connectivity index (χ3v) is 7.67. The van der Waals surface area contributed by atoms with Gasteiger partial charge in [0.15, 0.2) is 28.4 Å². The number of carbonyl (C=O) groups is 1. The van der Waals surface area contributed by atoms with Crippen molar-refractivity contribution in [2.75, 3.05) is 20.5 Å². The lowest BCUT2D eigenvalue weighted by Crippen LogP contribution is -2.29. The van der Waals surface area contributed by atoms with Crippen LogP contribution in [0.25, 0.3) is 11.0 Å². The summed E-state index contributed by atoms with van der Waals surface area (Å²) in [6.07, 6.45) is 0.905. The van der Waals surface area contributed by atoms with Crippen molar-refractivity contribution in [2.45, 2.75) is 32.9 Å². The summed E-state index contributed by atoms with van der Waals surface area (Å²) in [7, 11) is 1.58. The maximum Gasteiger partial charge on any atom is 0.291 e. The highest BCUT2D eigenvalue weighted by molar-refractivity contribution is 9.10. The number of ether oxygens (including phenoxy) is 4. The second-order valence-corrected chi connectivity index (χ2v) is 11.2. The molecule has 1 atom stereocenters. The maximum absolute atomic E-state index is 13.9. The summed E-state index contributed by atoms with van der Waals surface area (Å²) in [4.78, 5) is 29.5. The van der Waals surface area contributed by atoms with Crippen LogP contribution in [0.4, 0.5) is 0 Å². The van der Waals surface area contributed by atoms with Crippen LogP contribution in [0.3, 0.4) is 0 Å². The molecule has 1 aromatic heterocycles. The van der Waals surface area contributed by atoms with Crippen LogP contribution in [0.2, 0.25) is 0 Å². The third-order valence-electron chi connectivity index (χ3n) is 7.17. The Balaban J connectivity index is 1.46. The van der Waals surface area contributed by atoms with Crippen LogP contribution in [-0.2, 0) is 6.54 Å². The van der Waals surface area contributed by atoms with E-state index < -0.39 is 6.04 Å². The van der Waals surface area contributed by atoms with E-state index in [1.165, 1.54) is 0 Å². The highest BCUT2D eigenvalue weighted by Gasteiger charge is 2.43. The van der Waals surface area contributed by atoms with Crippen LogP contribution in [0, 0.1) is 5.92 Å². The molecule has 3 heterocycles. The number of fused-ring (bicyclic) bond motifs is 3. The van der Waals surface area contributed by atoms with Gasteiger partial charge in [0.1, 0.15) is 5.58 Å². The van der Waals surface area contributed by atoms with Gasteiger partial charge >= 0.3 is 0 Å². The molecule has 8 nitrogen and oxygen atoms in total. The highest BCUT2D eigenvalue weighted by atomic mass is 79.9. The number of hydrogen-bond donors (Lipinski definition) is 0. The fourth-order valence-electron chi connectivity index (χ4n) is 5.12. The first-order valence-electron chi connectivity index (χ1n) is 13.1. The summed E-state index contributed by atoms with van der Waals surface area (Å²) in [5.74, 6) is 2.59. The van der Waals surface area contributed by atoms with Gasteiger partial charge in [0.2, 0.25) is 12.6 Å². The number of methoxy groups -OCH3 is 1. The Labute approximate surface area is 239 Å². The number of amides is 1. The topological polar surface area (TPSA) is 87.4 Å². The Bertz CT molecular complexity index is 1680. The first-order valence-corrected chi connectivity index (χ1v) is 13.9. The van der Waals surface area contributed by atoms with Crippen molar-refractivity contribution in [3.63, 3.8) is 0 Å². The number of benzene rings is 3. The standard InChI is InChI=1S/C31H28BrNO7/c1-17(2)10-11-37-23-8-5-19(13-25(23)36-3)28-27-29(34)21-14-20(32)6-9-22(21)40-30(27)31(35)33(28)15-18-4-7-24-26(12-18)39-16-38-24/h4-9,12-14,17,28H,10-11,15-16H2,1-3H3. The minimum absolute atomic E-state index is 0.0433. The minimum Gasteiger partial charge on any atom is -0.493 e. The molecular formula is C31H28BrNO7. The highest BCUT2D eigenvalue weighted by Crippen LogP contribution is 2.42. The van der Waals surface area contributed by atoms with Gasteiger partial charge in [-0.1, -0.05) is 41.9 Å². The molecule has 6 rings (SSSR count). The number of rotatable bonds is 8. The maximum atomic E-state index is 13.9. The summed E-state index contributed by atoms with van der Waals surface area (Å²) >= 11 is 3.45. The molecule has 0 fully saturated rings. The lowest BCUT2D eigenvalue weighted by Gasteiger charge is -2.26. The van der Waals surface area contributed by atoms with Crippen molar-refractivity contribution >= 4 is 32.8 Å². The van der Waals surface area contributed by atoms with Gasteiger partial charge in [0, 0.05) is 11.0 Å². The van der Waals surface area contributed by atoms with E-state index in [-0.39, 0.29) is 30.4 Å². The Hall–Kier alpha value is -3.98. The van der Waals surface area contributed by atoms with Crippen molar-refractivity contribution < 1.29 is 28.2 Å². The van der Waals surface area contributed by atoms with Gasteiger partial charge in [0.25, 0.3) is 5.91 Å². The smallest absolute Gasteiger partial charge is 0.291 e. The van der Waals surface area contributed by atoms with Gasteiger partial charge in [-0.05, 0) is 65.9 Å². The molecule has 2 aliphatic rings. The fraction of sp³-hybridized carbons (Fsp3) is 0.290. The molecule has 1 amide bonds. The molecule has 9 heteroatoms. The van der Waals surface area contributed by atoms with E-state index in [1.54, 1.807) is 30.2 Å². The number of carbonyl (C=O) groups excluding carboxylic acids is 1. The number of halogens is 1. The number of hydrogen-bond acceptors (Lipinski definition) is 7. The lowest BCUT2D eigenvalue weighted by molar-refractivity contribution is 0.0714. The van der Waals surface area contributed by atoms with Crippen molar-refractivity contribution in [1.29, 1.82) is 0 Å². The van der Waals surface area contributed by atoms with E-state index in [0.29, 0.717) is 57.6 Å². The molecule has 40 heavy (non-hydrogen) atoms. The Kier molecular flexibility index (Phi) is 6.92. The second kappa shape index (κ2) is 10.5. The van der Waals surface area contributed by atoms with E-state index in [2.05, 4.69) is 29.8 Å². The Morgan fingerprint density at radius 2 is 1.82 bits per heavy atom. The Morgan fingerprint density at radius 1 is 1.00 bits per heavy atom. The SMILES string of the molecule is COc1cc(C2c3c(oc4ccc(Br)cc4c3=O)C(=O)N2Cc2ccc3c(c2)OCO3)ccc1OCCC(C)C. The van der Waals surface area contributed by atoms with Crippen molar-refractivity contribution in [2.24, 2.45) is 5.92 Å². The first-order chi connectivity index (χ1) is 19.3. The summed E-state index contributed by atoms with van der Waals surface area (Å²) in [6, 6.07) is 15.6. The summed E-state index contributed by atoms with van der Waals surface area (Å²) in [5.41, 5.74) is 1.95. The van der Waals surface area contributed by atoms with E-state index in [1.807, 2.05) is 36.4 Å². The van der Waals surface area contributed by atoms with Gasteiger partial charge in [-0.2, -0.15) is 0 Å². The summed E-state index contributed by atoms with van der Waals surface area (Å²) < 4.78 is 29.5. The molecule has 206 valence electrons. The van der Waals surface area contributed by atoms with Crippen LogP contribution >= 0.6 is 15.9 Å². The molecule has 0 saturated carbocycles. The van der Waals surface area contributed by atoms with Crippen LogP contribution in [0.5, 0.6) is 23.0 Å². The molecule has 1 unspecified atom stereocenters. The largest absolute Gasteiger partial charge is 0.493 e. The third kappa shape index (κ3) is 4.68.